The Hall–Kier alpha value is -3.11. The van der Waals surface area contributed by atoms with Gasteiger partial charge >= 0.3 is 0 Å². The van der Waals surface area contributed by atoms with Crippen molar-refractivity contribution < 1.29 is 9.53 Å². The number of likely N-dealkylation sites (tertiary alicyclic amines) is 1. The van der Waals surface area contributed by atoms with Gasteiger partial charge in [0, 0.05) is 25.6 Å². The smallest absolute Gasteiger partial charge is 0.226 e. The molecule has 0 radical (unpaired) electrons. The van der Waals surface area contributed by atoms with Gasteiger partial charge in [-0.25, -0.2) is 0 Å². The zero-order valence-corrected chi connectivity index (χ0v) is 20.9. The summed E-state index contributed by atoms with van der Waals surface area (Å²) < 4.78 is 6.01. The zero-order valence-electron chi connectivity index (χ0n) is 20.9. The third kappa shape index (κ3) is 7.69. The van der Waals surface area contributed by atoms with Crippen molar-refractivity contribution in [2.45, 2.75) is 52.3 Å². The Balaban J connectivity index is 1.28. The van der Waals surface area contributed by atoms with Gasteiger partial charge in [-0.1, -0.05) is 86.1 Å². The molecule has 1 saturated heterocycles. The molecule has 1 heterocycles. The maximum atomic E-state index is 13.4. The fraction of sp³-hybridized carbons (Fsp3) is 0.387. The summed E-state index contributed by atoms with van der Waals surface area (Å²) in [4.78, 5) is 18.0. The Labute approximate surface area is 210 Å². The summed E-state index contributed by atoms with van der Waals surface area (Å²) in [6, 6.07) is 29.0. The van der Waals surface area contributed by atoms with Crippen molar-refractivity contribution in [1.82, 2.24) is 9.80 Å². The normalized spacial score (nSPS) is 14.5. The Kier molecular flexibility index (Phi) is 9.36. The van der Waals surface area contributed by atoms with Crippen LogP contribution in [-0.2, 0) is 24.5 Å². The predicted octanol–water partition coefficient (Wildman–Crippen LogP) is 6.31. The van der Waals surface area contributed by atoms with Crippen LogP contribution in [0.2, 0.25) is 0 Å². The number of rotatable bonds is 11. The largest absolute Gasteiger partial charge is 0.489 e. The topological polar surface area (TPSA) is 32.8 Å². The lowest BCUT2D eigenvalue weighted by Gasteiger charge is -2.34. The van der Waals surface area contributed by atoms with E-state index >= 15 is 0 Å². The molecule has 0 spiro atoms. The minimum Gasteiger partial charge on any atom is -0.489 e. The number of amides is 1. The molecule has 1 fully saturated rings. The number of ether oxygens (including phenoxy) is 1. The Bertz CT molecular complexity index is 1030. The molecule has 4 heteroatoms. The van der Waals surface area contributed by atoms with Crippen LogP contribution in [0.25, 0.3) is 0 Å². The molecule has 4 rings (SSSR count). The number of hydrogen-bond donors (Lipinski definition) is 0. The van der Waals surface area contributed by atoms with Gasteiger partial charge in [0.25, 0.3) is 0 Å². The predicted molar refractivity (Wildman–Crippen MR) is 142 cm³/mol. The van der Waals surface area contributed by atoms with E-state index in [9.17, 15) is 4.79 Å². The van der Waals surface area contributed by atoms with Gasteiger partial charge in [0.2, 0.25) is 5.91 Å². The summed E-state index contributed by atoms with van der Waals surface area (Å²) in [7, 11) is 0. The molecule has 0 bridgehead atoms. The van der Waals surface area contributed by atoms with Crippen molar-refractivity contribution in [3.63, 3.8) is 0 Å². The summed E-state index contributed by atoms with van der Waals surface area (Å²) in [5, 5.41) is 0. The first kappa shape index (κ1) is 25.0. The lowest BCUT2D eigenvalue weighted by molar-refractivity contribution is -0.137. The Morgan fingerprint density at radius 2 is 1.54 bits per heavy atom. The van der Waals surface area contributed by atoms with E-state index in [0.717, 1.165) is 64.2 Å². The molecule has 0 saturated carbocycles. The van der Waals surface area contributed by atoms with Gasteiger partial charge in [0.05, 0.1) is 0 Å². The molecule has 0 aromatic heterocycles. The molecule has 0 atom stereocenters. The third-order valence-corrected chi connectivity index (χ3v) is 6.80. The molecule has 0 unspecified atom stereocenters. The van der Waals surface area contributed by atoms with Crippen LogP contribution in [0.5, 0.6) is 5.75 Å². The SMILES string of the molecule is CCCCN(Cc1ccccc1)C(=O)C1CCN(Cc2cccc(OCc3ccccc3)c2)CC1. The van der Waals surface area contributed by atoms with Gasteiger partial charge in [0.15, 0.2) is 0 Å². The van der Waals surface area contributed by atoms with E-state index in [4.69, 9.17) is 4.74 Å². The first-order valence-electron chi connectivity index (χ1n) is 13.0. The Morgan fingerprint density at radius 1 is 0.886 bits per heavy atom. The second-order valence-electron chi connectivity index (χ2n) is 9.57. The van der Waals surface area contributed by atoms with Crippen LogP contribution < -0.4 is 4.74 Å². The first-order chi connectivity index (χ1) is 17.2. The molecule has 1 aliphatic rings. The zero-order chi connectivity index (χ0) is 24.3. The van der Waals surface area contributed by atoms with Crippen LogP contribution >= 0.6 is 0 Å². The van der Waals surface area contributed by atoms with Crippen molar-refractivity contribution in [1.29, 1.82) is 0 Å². The second-order valence-corrected chi connectivity index (χ2v) is 9.57. The number of carbonyl (C=O) groups is 1. The molecule has 35 heavy (non-hydrogen) atoms. The fourth-order valence-corrected chi connectivity index (χ4v) is 4.75. The lowest BCUT2D eigenvalue weighted by Crippen LogP contribution is -2.42. The van der Waals surface area contributed by atoms with E-state index in [2.05, 4.69) is 71.3 Å². The van der Waals surface area contributed by atoms with E-state index < -0.39 is 0 Å². The van der Waals surface area contributed by atoms with Crippen molar-refractivity contribution in [3.05, 3.63) is 102 Å². The first-order valence-corrected chi connectivity index (χ1v) is 13.0. The number of hydrogen-bond acceptors (Lipinski definition) is 3. The van der Waals surface area contributed by atoms with Crippen LogP contribution in [-0.4, -0.2) is 35.3 Å². The van der Waals surface area contributed by atoms with Crippen LogP contribution in [0, 0.1) is 5.92 Å². The van der Waals surface area contributed by atoms with Crippen LogP contribution in [0.3, 0.4) is 0 Å². The standard InChI is InChI=1S/C31H38N2O2/c1-2-3-19-33(24-26-11-6-4-7-12-26)31(34)29-17-20-32(21-18-29)23-28-15-10-16-30(22-28)35-25-27-13-8-5-9-14-27/h4-16,22,29H,2-3,17-21,23-25H2,1H3. The molecule has 0 aliphatic carbocycles. The van der Waals surface area contributed by atoms with Crippen molar-refractivity contribution in [2.24, 2.45) is 5.92 Å². The van der Waals surface area contributed by atoms with Gasteiger partial charge in [-0.2, -0.15) is 0 Å². The summed E-state index contributed by atoms with van der Waals surface area (Å²) >= 11 is 0. The van der Waals surface area contributed by atoms with E-state index in [-0.39, 0.29) is 5.92 Å². The molecule has 1 aliphatic heterocycles. The molecule has 1 amide bonds. The van der Waals surface area contributed by atoms with E-state index in [1.165, 1.54) is 16.7 Å². The highest BCUT2D eigenvalue weighted by molar-refractivity contribution is 5.79. The van der Waals surface area contributed by atoms with Crippen molar-refractivity contribution in [2.75, 3.05) is 19.6 Å². The molecule has 4 nitrogen and oxygen atoms in total. The maximum Gasteiger partial charge on any atom is 0.226 e. The summed E-state index contributed by atoms with van der Waals surface area (Å²) in [6.45, 7) is 7.14. The molecule has 0 N–H and O–H groups in total. The van der Waals surface area contributed by atoms with Crippen molar-refractivity contribution in [3.8, 4) is 5.75 Å². The monoisotopic (exact) mass is 470 g/mol. The minimum absolute atomic E-state index is 0.132. The summed E-state index contributed by atoms with van der Waals surface area (Å²) in [5.74, 6) is 1.37. The molecule has 184 valence electrons. The van der Waals surface area contributed by atoms with Crippen molar-refractivity contribution >= 4 is 5.91 Å². The third-order valence-electron chi connectivity index (χ3n) is 6.80. The second kappa shape index (κ2) is 13.1. The average molecular weight is 471 g/mol. The van der Waals surface area contributed by atoms with E-state index in [1.54, 1.807) is 0 Å². The van der Waals surface area contributed by atoms with Gasteiger partial charge in [-0.15, -0.1) is 0 Å². The minimum atomic E-state index is 0.132. The number of carbonyl (C=O) groups excluding carboxylic acids is 1. The lowest BCUT2D eigenvalue weighted by atomic mass is 9.94. The maximum absolute atomic E-state index is 13.4. The number of benzene rings is 3. The quantitative estimate of drug-likeness (QED) is 0.329. The molecular formula is C31H38N2O2. The number of piperidine rings is 1. The molecular weight excluding hydrogens is 432 g/mol. The highest BCUT2D eigenvalue weighted by Crippen LogP contribution is 2.24. The van der Waals surface area contributed by atoms with Gasteiger partial charge < -0.3 is 9.64 Å². The molecule has 3 aromatic rings. The number of unbranched alkanes of at least 4 members (excludes halogenated alkanes) is 1. The Morgan fingerprint density at radius 3 is 2.23 bits per heavy atom. The van der Waals surface area contributed by atoms with Gasteiger partial charge in [-0.05, 0) is 61.2 Å². The van der Waals surface area contributed by atoms with Crippen LogP contribution in [0.1, 0.15) is 49.3 Å². The highest BCUT2D eigenvalue weighted by Gasteiger charge is 2.28. The summed E-state index contributed by atoms with van der Waals surface area (Å²) in [6.07, 6.45) is 4.02. The van der Waals surface area contributed by atoms with E-state index in [1.807, 2.05) is 30.3 Å². The highest BCUT2D eigenvalue weighted by atomic mass is 16.5. The molecule has 3 aromatic carbocycles. The van der Waals surface area contributed by atoms with Gasteiger partial charge in [-0.3, -0.25) is 9.69 Å². The van der Waals surface area contributed by atoms with Gasteiger partial charge in [0.1, 0.15) is 12.4 Å². The number of nitrogens with zero attached hydrogens (tertiary/aromatic N) is 2. The van der Waals surface area contributed by atoms with E-state index in [0.29, 0.717) is 12.5 Å². The summed E-state index contributed by atoms with van der Waals surface area (Å²) in [5.41, 5.74) is 3.64. The van der Waals surface area contributed by atoms with Crippen LogP contribution in [0.15, 0.2) is 84.9 Å². The average Bonchev–Trinajstić information content (AvgIpc) is 2.91. The van der Waals surface area contributed by atoms with Crippen LogP contribution in [0.4, 0.5) is 0 Å². The fourth-order valence-electron chi connectivity index (χ4n) is 4.75.